The van der Waals surface area contributed by atoms with Crippen molar-refractivity contribution in [1.29, 1.82) is 0 Å². The molecular formula is C30H31N3O2S4. The predicted octanol–water partition coefficient (Wildman–Crippen LogP) is 5.60. The number of nitrogens with zero attached hydrogens (tertiary/aromatic N) is 3. The summed E-state index contributed by atoms with van der Waals surface area (Å²) in [5, 5.41) is 1.28. The van der Waals surface area contributed by atoms with Crippen LogP contribution in [0, 0.1) is 5.92 Å². The Morgan fingerprint density at radius 1 is 0.974 bits per heavy atom. The van der Waals surface area contributed by atoms with E-state index in [0.717, 1.165) is 47.0 Å². The average molecular weight is 594 g/mol. The number of fused-ring (bicyclic) bond motifs is 2. The van der Waals surface area contributed by atoms with Crippen molar-refractivity contribution in [2.45, 2.75) is 57.9 Å². The number of carbonyl (C=O) groups excluding carboxylic acids is 1. The molecule has 2 aliphatic carbocycles. The Morgan fingerprint density at radius 2 is 1.74 bits per heavy atom. The summed E-state index contributed by atoms with van der Waals surface area (Å²) in [5.74, 6) is 0.451. The van der Waals surface area contributed by atoms with E-state index in [1.54, 1.807) is 9.47 Å². The highest BCUT2D eigenvalue weighted by atomic mass is 32.2. The molecule has 202 valence electrons. The lowest BCUT2D eigenvalue weighted by Gasteiger charge is -2.28. The Balaban J connectivity index is 1.41. The summed E-state index contributed by atoms with van der Waals surface area (Å²) in [7, 11) is 0. The minimum Gasteiger partial charge on any atom is -0.335 e. The zero-order valence-electron chi connectivity index (χ0n) is 22.4. The number of aromatic nitrogens is 1. The first-order valence-electron chi connectivity index (χ1n) is 13.6. The number of rotatable bonds is 4. The van der Waals surface area contributed by atoms with Crippen LogP contribution in [0.4, 0.5) is 5.69 Å². The molecule has 6 rings (SSSR count). The van der Waals surface area contributed by atoms with E-state index in [-0.39, 0.29) is 11.5 Å². The Labute approximate surface area is 246 Å². The van der Waals surface area contributed by atoms with Crippen LogP contribution in [-0.2, 0) is 11.3 Å². The van der Waals surface area contributed by atoms with Crippen molar-refractivity contribution in [2.24, 2.45) is 5.92 Å². The van der Waals surface area contributed by atoms with Gasteiger partial charge in [-0.2, -0.15) is 0 Å². The molecule has 5 nitrogen and oxygen atoms in total. The third-order valence-electron chi connectivity index (χ3n) is 7.82. The van der Waals surface area contributed by atoms with Crippen LogP contribution in [-0.4, -0.2) is 32.8 Å². The van der Waals surface area contributed by atoms with Gasteiger partial charge in [0.25, 0.3) is 11.5 Å². The number of allylic oxidation sites excluding steroid dienone is 5. The normalized spacial score (nSPS) is 24.8. The largest absolute Gasteiger partial charge is 0.335 e. The van der Waals surface area contributed by atoms with E-state index in [1.165, 1.54) is 49.9 Å². The van der Waals surface area contributed by atoms with Crippen LogP contribution in [0.2, 0.25) is 0 Å². The molecule has 0 spiro atoms. The first-order valence-corrected chi connectivity index (χ1v) is 16.5. The lowest BCUT2D eigenvalue weighted by molar-refractivity contribution is -0.120. The minimum atomic E-state index is -0.0875. The molecule has 39 heavy (non-hydrogen) atoms. The first-order chi connectivity index (χ1) is 18.9. The molecule has 1 amide bonds. The number of hydrogen-bond donors (Lipinski definition) is 0. The van der Waals surface area contributed by atoms with Gasteiger partial charge in [0.15, 0.2) is 0 Å². The van der Waals surface area contributed by atoms with Crippen molar-refractivity contribution in [2.75, 3.05) is 18.0 Å². The monoisotopic (exact) mass is 593 g/mol. The van der Waals surface area contributed by atoms with Crippen LogP contribution in [0.25, 0.3) is 10.5 Å². The van der Waals surface area contributed by atoms with Gasteiger partial charge in [-0.25, -0.2) is 0 Å². The molecular weight excluding hydrogens is 563 g/mol. The minimum absolute atomic E-state index is 0.00500. The Hall–Kier alpha value is -2.33. The number of thiazole rings is 1. The third kappa shape index (κ3) is 4.71. The van der Waals surface area contributed by atoms with Crippen molar-refractivity contribution < 1.29 is 4.79 Å². The van der Waals surface area contributed by atoms with E-state index in [1.807, 2.05) is 25.6 Å². The second kappa shape index (κ2) is 10.9. The van der Waals surface area contributed by atoms with Crippen LogP contribution in [0.15, 0.2) is 68.4 Å². The summed E-state index contributed by atoms with van der Waals surface area (Å²) < 4.78 is 3.82. The summed E-state index contributed by atoms with van der Waals surface area (Å²) in [5.41, 5.74) is 5.07. The molecule has 1 unspecified atom stereocenters. The van der Waals surface area contributed by atoms with E-state index in [2.05, 4.69) is 54.3 Å². The zero-order chi connectivity index (χ0) is 27.3. The van der Waals surface area contributed by atoms with Gasteiger partial charge >= 0.3 is 0 Å². The van der Waals surface area contributed by atoms with Gasteiger partial charge in [-0.1, -0.05) is 60.0 Å². The molecule has 0 saturated carbocycles. The van der Waals surface area contributed by atoms with Crippen molar-refractivity contribution in [3.8, 4) is 0 Å². The van der Waals surface area contributed by atoms with E-state index in [4.69, 9.17) is 12.2 Å². The molecule has 3 heterocycles. The number of thiocarbonyl (C=S) groups is 1. The molecule has 1 aromatic carbocycles. The number of benzene rings is 1. The summed E-state index contributed by atoms with van der Waals surface area (Å²) in [6, 6.07) is 8.61. The zero-order valence-corrected chi connectivity index (χ0v) is 25.6. The quantitative estimate of drug-likeness (QED) is 0.430. The lowest BCUT2D eigenvalue weighted by atomic mass is 9.77. The molecule has 1 aromatic heterocycles. The Morgan fingerprint density at radius 3 is 2.49 bits per heavy atom. The first kappa shape index (κ1) is 26.9. The number of hydrogen-bond acceptors (Lipinski definition) is 7. The van der Waals surface area contributed by atoms with Gasteiger partial charge in [0.2, 0.25) is 0 Å². The van der Waals surface area contributed by atoms with Gasteiger partial charge in [0, 0.05) is 24.5 Å². The highest BCUT2D eigenvalue weighted by molar-refractivity contribution is 8.30. The van der Waals surface area contributed by atoms with Gasteiger partial charge < -0.3 is 4.90 Å². The highest BCUT2D eigenvalue weighted by Gasteiger charge is 2.33. The maximum Gasteiger partial charge on any atom is 0.269 e. The molecule has 0 radical (unpaired) electrons. The fourth-order valence-electron chi connectivity index (χ4n) is 5.79. The third-order valence-corrected chi connectivity index (χ3v) is 11.8. The summed E-state index contributed by atoms with van der Waals surface area (Å²) in [4.78, 5) is 32.5. The van der Waals surface area contributed by atoms with E-state index in [9.17, 15) is 9.59 Å². The lowest BCUT2D eigenvalue weighted by Crippen LogP contribution is -2.34. The number of para-hydroxylation sites is 1. The predicted molar refractivity (Wildman–Crippen MR) is 169 cm³/mol. The maximum absolute atomic E-state index is 13.6. The van der Waals surface area contributed by atoms with Gasteiger partial charge in [0.05, 0.1) is 15.2 Å². The fraction of sp³-hybridized carbons (Fsp3) is 0.367. The van der Waals surface area contributed by atoms with E-state index >= 15 is 0 Å². The number of carbonyl (C=O) groups is 1. The SMILES string of the molecule is CCN1C(=O)/C(=c2/s/c(=C3\C=C4C=C(/C=C5\Sc6ccccc6N5CC)CCC4CC3)c(=O)n2CC)SC1=S. The maximum atomic E-state index is 13.6. The smallest absolute Gasteiger partial charge is 0.269 e. The second-order valence-electron chi connectivity index (χ2n) is 9.99. The van der Waals surface area contributed by atoms with Crippen molar-refractivity contribution in [3.05, 3.63) is 78.2 Å². The topological polar surface area (TPSA) is 45.6 Å². The Kier molecular flexibility index (Phi) is 7.52. The summed E-state index contributed by atoms with van der Waals surface area (Å²) in [6.45, 7) is 8.10. The highest BCUT2D eigenvalue weighted by Crippen LogP contribution is 2.47. The average Bonchev–Trinajstić information content (AvgIpc) is 3.57. The number of amides is 1. The molecule has 9 heteroatoms. The number of anilines is 1. The standard InChI is InChI=1S/C30H31N3O2S4/c1-4-31-22-9-7-8-10-23(22)37-24(31)16-18-11-12-19-13-14-20(17-21(19)15-18)25-27(34)32(5-2)29(38-25)26-28(35)33(6-3)30(36)39-26/h7-10,15-17,19H,4-6,11-14H2,1-3H3/b24-16-,25-20-,29-26-. The molecule has 4 aliphatic rings. The summed E-state index contributed by atoms with van der Waals surface area (Å²) in [6.07, 6.45) is 11.1. The van der Waals surface area contributed by atoms with E-state index in [0.29, 0.717) is 28.2 Å². The molecule has 2 aliphatic heterocycles. The van der Waals surface area contributed by atoms with Gasteiger partial charge in [-0.3, -0.25) is 19.1 Å². The van der Waals surface area contributed by atoms with Crippen molar-refractivity contribution >= 4 is 73.5 Å². The molecule has 1 atom stereocenters. The molecule has 0 bridgehead atoms. The number of thioether (sulfide) groups is 2. The summed E-state index contributed by atoms with van der Waals surface area (Å²) >= 11 is 10.1. The molecule has 1 saturated heterocycles. The molecule has 2 aromatic rings. The molecule has 1 fully saturated rings. The molecule has 0 N–H and O–H groups in total. The van der Waals surface area contributed by atoms with Crippen molar-refractivity contribution in [1.82, 2.24) is 9.47 Å². The van der Waals surface area contributed by atoms with Crippen LogP contribution in [0.5, 0.6) is 0 Å². The van der Waals surface area contributed by atoms with Crippen LogP contribution in [0.3, 0.4) is 0 Å². The van der Waals surface area contributed by atoms with Crippen LogP contribution >= 0.6 is 47.1 Å². The van der Waals surface area contributed by atoms with Crippen LogP contribution in [0.1, 0.15) is 46.5 Å². The second-order valence-corrected chi connectivity index (χ2v) is 13.7. The Bertz CT molecular complexity index is 1660. The van der Waals surface area contributed by atoms with Crippen LogP contribution < -0.4 is 19.7 Å². The van der Waals surface area contributed by atoms with Gasteiger partial charge in [0.1, 0.15) is 13.9 Å². The van der Waals surface area contributed by atoms with E-state index < -0.39 is 0 Å². The van der Waals surface area contributed by atoms with Gasteiger partial charge in [-0.15, -0.1) is 11.3 Å². The fourth-order valence-corrected chi connectivity index (χ4v) is 9.78. The van der Waals surface area contributed by atoms with Gasteiger partial charge in [-0.05, 0) is 87.3 Å². The van der Waals surface area contributed by atoms with Crippen molar-refractivity contribution in [3.63, 3.8) is 0 Å².